The van der Waals surface area contributed by atoms with Crippen molar-refractivity contribution < 1.29 is 4.52 Å². The zero-order chi connectivity index (χ0) is 11.8. The lowest BCUT2D eigenvalue weighted by Crippen LogP contribution is -1.86. The molecule has 3 rings (SSSR count). The molecule has 0 atom stereocenters. The van der Waals surface area contributed by atoms with Crippen LogP contribution in [0.3, 0.4) is 0 Å². The summed E-state index contributed by atoms with van der Waals surface area (Å²) in [6.45, 7) is 2.04. The van der Waals surface area contributed by atoms with Crippen molar-refractivity contribution >= 4 is 16.7 Å². The van der Waals surface area contributed by atoms with E-state index in [-0.39, 0.29) is 0 Å². The molecule has 17 heavy (non-hydrogen) atoms. The normalized spacial score (nSPS) is 10.9. The minimum atomic E-state index is 0.338. The number of hydrogen-bond donors (Lipinski definition) is 1. The molecule has 84 valence electrons. The molecule has 1 aromatic carbocycles. The summed E-state index contributed by atoms with van der Waals surface area (Å²) in [6, 6.07) is 6.12. The Kier molecular flexibility index (Phi) is 2.08. The van der Waals surface area contributed by atoms with Gasteiger partial charge >= 0.3 is 0 Å². The number of nitrogens with two attached hydrogens (primary N) is 1. The van der Waals surface area contributed by atoms with Gasteiger partial charge < -0.3 is 10.3 Å². The van der Waals surface area contributed by atoms with Crippen molar-refractivity contribution in [2.24, 2.45) is 0 Å². The number of hydrogen-bond acceptors (Lipinski definition) is 4. The van der Waals surface area contributed by atoms with E-state index in [0.717, 1.165) is 22.1 Å². The highest BCUT2D eigenvalue weighted by molar-refractivity contribution is 5.89. The first-order valence-electron chi connectivity index (χ1n) is 5.30. The van der Waals surface area contributed by atoms with E-state index in [9.17, 15) is 0 Å². The van der Waals surface area contributed by atoms with Gasteiger partial charge in [0.1, 0.15) is 0 Å². The van der Waals surface area contributed by atoms with Gasteiger partial charge in [-0.25, -0.2) is 0 Å². The van der Waals surface area contributed by atoms with Gasteiger partial charge in [0.15, 0.2) is 0 Å². The molecule has 4 heteroatoms. The maximum atomic E-state index is 5.70. The smallest absolute Gasteiger partial charge is 0.229 e. The van der Waals surface area contributed by atoms with E-state index in [4.69, 9.17) is 10.3 Å². The topological polar surface area (TPSA) is 64.9 Å². The predicted molar refractivity (Wildman–Crippen MR) is 66.4 cm³/mol. The molecule has 3 aromatic rings. The number of nitrogens with zero attached hydrogens (tertiary/aromatic N) is 2. The van der Waals surface area contributed by atoms with Gasteiger partial charge in [-0.15, -0.1) is 0 Å². The van der Waals surface area contributed by atoms with E-state index < -0.39 is 0 Å². The summed E-state index contributed by atoms with van der Waals surface area (Å²) < 4.78 is 4.87. The van der Waals surface area contributed by atoms with Gasteiger partial charge in [-0.3, -0.25) is 4.98 Å². The summed E-state index contributed by atoms with van der Waals surface area (Å²) in [4.78, 5) is 4.19. The molecule has 0 unspecified atom stereocenters. The minimum Gasteiger partial charge on any atom is -0.367 e. The molecule has 0 amide bonds. The number of aryl methyl sites for hydroxylation is 1. The average molecular weight is 225 g/mol. The molecule has 4 nitrogen and oxygen atoms in total. The summed E-state index contributed by atoms with van der Waals surface area (Å²) in [7, 11) is 0. The molecular formula is C13H11N3O. The Balaban J connectivity index is 2.24. The van der Waals surface area contributed by atoms with Crippen molar-refractivity contribution in [2.45, 2.75) is 6.92 Å². The highest BCUT2D eigenvalue weighted by atomic mass is 16.5. The van der Waals surface area contributed by atoms with Crippen LogP contribution in [0, 0.1) is 6.92 Å². The van der Waals surface area contributed by atoms with Gasteiger partial charge in [0.05, 0.1) is 11.8 Å². The zero-order valence-electron chi connectivity index (χ0n) is 9.34. The molecule has 0 fully saturated rings. The Bertz CT molecular complexity index is 688. The largest absolute Gasteiger partial charge is 0.367 e. The van der Waals surface area contributed by atoms with E-state index in [1.165, 1.54) is 5.39 Å². The van der Waals surface area contributed by atoms with E-state index in [1.807, 2.05) is 31.5 Å². The number of anilines is 1. The van der Waals surface area contributed by atoms with Crippen LogP contribution in [0.4, 0.5) is 5.88 Å². The summed E-state index contributed by atoms with van der Waals surface area (Å²) in [5.74, 6) is 0.338. The molecule has 0 saturated carbocycles. The molecule has 0 bridgehead atoms. The Labute approximate surface area is 98.1 Å². The molecule has 2 heterocycles. The molecular weight excluding hydrogens is 214 g/mol. The Morgan fingerprint density at radius 1 is 1.18 bits per heavy atom. The average Bonchev–Trinajstić information content (AvgIpc) is 2.75. The molecule has 2 aromatic heterocycles. The molecule has 0 aliphatic heterocycles. The van der Waals surface area contributed by atoms with Gasteiger partial charge in [-0.1, -0.05) is 17.3 Å². The van der Waals surface area contributed by atoms with E-state index in [2.05, 4.69) is 16.2 Å². The van der Waals surface area contributed by atoms with Crippen molar-refractivity contribution in [3.63, 3.8) is 0 Å². The van der Waals surface area contributed by atoms with Crippen molar-refractivity contribution in [3.05, 3.63) is 42.4 Å². The maximum Gasteiger partial charge on any atom is 0.229 e. The van der Waals surface area contributed by atoms with E-state index in [1.54, 1.807) is 6.20 Å². The maximum absolute atomic E-state index is 5.70. The fourth-order valence-corrected chi connectivity index (χ4v) is 1.96. The van der Waals surface area contributed by atoms with Gasteiger partial charge in [0, 0.05) is 17.8 Å². The first-order chi connectivity index (χ1) is 8.25. The number of benzene rings is 1. The third-order valence-electron chi connectivity index (χ3n) is 2.87. The van der Waals surface area contributed by atoms with Gasteiger partial charge in [-0.2, -0.15) is 0 Å². The second-order valence-corrected chi connectivity index (χ2v) is 4.00. The lowest BCUT2D eigenvalue weighted by atomic mass is 10.0. The third kappa shape index (κ3) is 1.54. The summed E-state index contributed by atoms with van der Waals surface area (Å²) in [5, 5.41) is 5.96. The molecule has 0 saturated heterocycles. The van der Waals surface area contributed by atoms with Crippen LogP contribution >= 0.6 is 0 Å². The lowest BCUT2D eigenvalue weighted by Gasteiger charge is -2.03. The van der Waals surface area contributed by atoms with Crippen LogP contribution in [-0.4, -0.2) is 10.1 Å². The highest BCUT2D eigenvalue weighted by Crippen LogP contribution is 2.28. The molecule has 0 spiro atoms. The van der Waals surface area contributed by atoms with Gasteiger partial charge in [0.2, 0.25) is 5.88 Å². The molecule has 0 aliphatic carbocycles. The van der Waals surface area contributed by atoms with Crippen LogP contribution in [0.1, 0.15) is 5.56 Å². The zero-order valence-corrected chi connectivity index (χ0v) is 9.34. The molecule has 2 N–H and O–H groups in total. The van der Waals surface area contributed by atoms with E-state index in [0.29, 0.717) is 5.88 Å². The summed E-state index contributed by atoms with van der Waals surface area (Å²) >= 11 is 0. The molecule has 0 radical (unpaired) electrons. The number of aromatic nitrogens is 2. The standard InChI is InChI=1S/C13H11N3O/c1-8-5-15-6-10-4-9(2-3-11(8)10)12-7-16-17-13(12)14/h2-7H,14H2,1H3. The fraction of sp³-hybridized carbons (Fsp3) is 0.0769. The first kappa shape index (κ1) is 9.84. The third-order valence-corrected chi connectivity index (χ3v) is 2.87. The minimum absolute atomic E-state index is 0.338. The van der Waals surface area contributed by atoms with Crippen molar-refractivity contribution in [2.75, 3.05) is 5.73 Å². The van der Waals surface area contributed by atoms with Crippen LogP contribution < -0.4 is 5.73 Å². The Hall–Kier alpha value is -2.36. The number of pyridine rings is 1. The second kappa shape index (κ2) is 3.59. The number of fused-ring (bicyclic) bond motifs is 1. The Morgan fingerprint density at radius 2 is 2.06 bits per heavy atom. The van der Waals surface area contributed by atoms with Crippen LogP contribution in [0.5, 0.6) is 0 Å². The quantitative estimate of drug-likeness (QED) is 0.691. The highest BCUT2D eigenvalue weighted by Gasteiger charge is 2.08. The van der Waals surface area contributed by atoms with Crippen molar-refractivity contribution in [1.82, 2.24) is 10.1 Å². The number of rotatable bonds is 1. The fourth-order valence-electron chi connectivity index (χ4n) is 1.96. The molecule has 0 aliphatic rings. The Morgan fingerprint density at radius 3 is 2.82 bits per heavy atom. The number of nitrogen functional groups attached to an aromatic ring is 1. The van der Waals surface area contributed by atoms with Crippen molar-refractivity contribution in [1.29, 1.82) is 0 Å². The van der Waals surface area contributed by atoms with Crippen LogP contribution in [0.25, 0.3) is 21.9 Å². The SMILES string of the molecule is Cc1cncc2cc(-c3cnoc3N)ccc12. The lowest BCUT2D eigenvalue weighted by molar-refractivity contribution is 0.436. The summed E-state index contributed by atoms with van der Waals surface area (Å²) in [6.07, 6.45) is 5.32. The first-order valence-corrected chi connectivity index (χ1v) is 5.30. The van der Waals surface area contributed by atoms with E-state index >= 15 is 0 Å². The van der Waals surface area contributed by atoms with Gasteiger partial charge in [0.25, 0.3) is 0 Å². The second-order valence-electron chi connectivity index (χ2n) is 4.00. The summed E-state index contributed by atoms with van der Waals surface area (Å²) in [5.41, 5.74) is 8.66. The monoisotopic (exact) mass is 225 g/mol. The van der Waals surface area contributed by atoms with Crippen molar-refractivity contribution in [3.8, 4) is 11.1 Å². The van der Waals surface area contributed by atoms with Gasteiger partial charge in [-0.05, 0) is 29.5 Å². The predicted octanol–water partition coefficient (Wildman–Crippen LogP) is 2.78. The van der Waals surface area contributed by atoms with Crippen LogP contribution in [0.2, 0.25) is 0 Å². The van der Waals surface area contributed by atoms with Crippen LogP contribution in [0.15, 0.2) is 41.3 Å². The van der Waals surface area contributed by atoms with Crippen LogP contribution in [-0.2, 0) is 0 Å².